The molecule has 0 spiro atoms. The summed E-state index contributed by atoms with van der Waals surface area (Å²) in [4.78, 5) is 37.6. The second kappa shape index (κ2) is 6.85. The Morgan fingerprint density at radius 2 is 1.96 bits per heavy atom. The molecule has 0 radical (unpaired) electrons. The van der Waals surface area contributed by atoms with Crippen molar-refractivity contribution in [2.75, 3.05) is 12.7 Å². The lowest BCUT2D eigenvalue weighted by Crippen LogP contribution is -2.25. The normalized spacial score (nSPS) is 31.6. The van der Waals surface area contributed by atoms with E-state index in [1.165, 1.54) is 0 Å². The summed E-state index contributed by atoms with van der Waals surface area (Å²) < 4.78 is 75.8. The molecule has 0 amide bonds. The van der Waals surface area contributed by atoms with Gasteiger partial charge in [-0.1, -0.05) is 5.11 Å². The zero-order chi connectivity index (χ0) is 19.0. The summed E-state index contributed by atoms with van der Waals surface area (Å²) in [5, 5.41) is -2.45. The monoisotopic (exact) mass is 403 g/mol. The minimum Gasteiger partial charge on any atom is -0.377 e. The molecule has 1 rings (SSSR count). The van der Waals surface area contributed by atoms with Gasteiger partial charge in [0.05, 0.1) is 19.7 Å². The number of alkyl halides is 2. The van der Waals surface area contributed by atoms with Crippen LogP contribution >= 0.6 is 22.8 Å². The molecular formula is C6H12F2N3O9P3. The lowest BCUT2D eigenvalue weighted by molar-refractivity contribution is 0.103. The molecule has 0 aromatic rings. The predicted octanol–water partition coefficient (Wildman–Crippen LogP) is 1.57. The molecule has 0 aliphatic carbocycles. The number of rotatable bonds is 7. The molecule has 0 bridgehead atoms. The van der Waals surface area contributed by atoms with Crippen molar-refractivity contribution in [1.29, 1.82) is 0 Å². The summed E-state index contributed by atoms with van der Waals surface area (Å²) in [5.74, 6) is 0. The highest BCUT2D eigenvalue weighted by Crippen LogP contribution is 2.77. The predicted molar refractivity (Wildman–Crippen MR) is 69.9 cm³/mol. The van der Waals surface area contributed by atoms with Crippen LogP contribution in [0, 0.1) is 0 Å². The van der Waals surface area contributed by atoms with Crippen molar-refractivity contribution in [2.24, 2.45) is 5.11 Å². The van der Waals surface area contributed by atoms with Gasteiger partial charge < -0.3 is 24.3 Å². The van der Waals surface area contributed by atoms with Crippen LogP contribution in [0.15, 0.2) is 5.11 Å². The van der Waals surface area contributed by atoms with E-state index in [9.17, 15) is 27.4 Å². The molecule has 12 nitrogen and oxygen atoms in total. The van der Waals surface area contributed by atoms with Crippen molar-refractivity contribution in [2.45, 2.75) is 24.0 Å². The summed E-state index contributed by atoms with van der Waals surface area (Å²) in [6.07, 6.45) is -2.86. The van der Waals surface area contributed by atoms with Crippen LogP contribution in [-0.2, 0) is 22.7 Å². The zero-order valence-corrected chi connectivity index (χ0v) is 13.6. The molecule has 0 aromatic heterocycles. The molecule has 23 heavy (non-hydrogen) atoms. The molecule has 1 aliphatic heterocycles. The van der Waals surface area contributed by atoms with E-state index in [-0.39, 0.29) is 6.42 Å². The fraction of sp³-hybridized carbons (Fsp3) is 1.00. The molecule has 0 saturated carbocycles. The Balaban J connectivity index is 2.97. The van der Waals surface area contributed by atoms with Gasteiger partial charge in [-0.25, -0.2) is 4.31 Å². The van der Waals surface area contributed by atoms with Crippen molar-refractivity contribution < 1.29 is 52.5 Å². The van der Waals surface area contributed by atoms with E-state index in [2.05, 4.69) is 14.3 Å². The molecule has 5 atom stereocenters. The Kier molecular flexibility index (Phi) is 5.65. The fourth-order valence-corrected chi connectivity index (χ4v) is 5.99. The molecule has 4 N–H and O–H groups in total. The first-order valence-corrected chi connectivity index (χ1v) is 10.5. The average molecular weight is 403 g/mol. The maximum absolute atomic E-state index is 13.3. The number of nitrogens with zero attached hydrogens (tertiary/aromatic N) is 3. The first-order chi connectivity index (χ1) is 10.6. The highest BCUT2D eigenvalue weighted by Gasteiger charge is 2.66. The van der Waals surface area contributed by atoms with Gasteiger partial charge in [-0.2, -0.15) is 8.78 Å². The summed E-state index contributed by atoms with van der Waals surface area (Å²) in [5.41, 5.74) is 8.32. The van der Waals surface area contributed by atoms with Crippen molar-refractivity contribution in [1.82, 2.24) is 0 Å². The highest BCUT2D eigenvalue weighted by atomic mass is 31.3. The quantitative estimate of drug-likeness (QED) is 0.211. The number of azide groups is 1. The molecule has 1 fully saturated rings. The molecule has 0 aromatic carbocycles. The van der Waals surface area contributed by atoms with Crippen molar-refractivity contribution in [3.63, 3.8) is 0 Å². The Morgan fingerprint density at radius 1 is 1.39 bits per heavy atom. The van der Waals surface area contributed by atoms with Crippen LogP contribution < -0.4 is 0 Å². The minimum absolute atomic E-state index is 0.190. The van der Waals surface area contributed by atoms with Crippen LogP contribution in [0.5, 0.6) is 0 Å². The number of hydrogen-bond donors (Lipinski definition) is 4. The smallest absolute Gasteiger partial charge is 0.377 e. The third kappa shape index (κ3) is 4.80. The first kappa shape index (κ1) is 19.0. The lowest BCUT2D eigenvalue weighted by Gasteiger charge is -2.25. The second-order valence-corrected chi connectivity index (χ2v) is 10.2. The Morgan fingerprint density at radius 3 is 2.43 bits per heavy atom. The molecule has 1 saturated heterocycles. The number of ether oxygens (including phenoxy) is 1. The Bertz CT molecular complexity index is 681. The summed E-state index contributed by atoms with van der Waals surface area (Å²) in [6.45, 7) is -1.26. The van der Waals surface area contributed by atoms with Crippen LogP contribution in [0.2, 0.25) is 0 Å². The minimum atomic E-state index is -6.56. The fourth-order valence-electron chi connectivity index (χ4n) is 1.52. The van der Waals surface area contributed by atoms with E-state index < -0.39 is 53.1 Å². The van der Waals surface area contributed by atoms with Crippen LogP contribution in [-0.4, -0.2) is 49.9 Å². The van der Waals surface area contributed by atoms with Gasteiger partial charge in [0.25, 0.3) is 0 Å². The topological polar surface area (TPSA) is 199 Å². The van der Waals surface area contributed by atoms with Gasteiger partial charge in [-0.15, -0.1) is 0 Å². The van der Waals surface area contributed by atoms with Gasteiger partial charge in [0, 0.05) is 11.5 Å². The van der Waals surface area contributed by atoms with Gasteiger partial charge in [0.1, 0.15) is 0 Å². The van der Waals surface area contributed by atoms with E-state index in [1.54, 1.807) is 0 Å². The van der Waals surface area contributed by atoms with Gasteiger partial charge in [-0.05, 0) is 12.0 Å². The highest BCUT2D eigenvalue weighted by molar-refractivity contribution is 7.76. The van der Waals surface area contributed by atoms with Crippen molar-refractivity contribution in [3.8, 4) is 0 Å². The van der Waals surface area contributed by atoms with Gasteiger partial charge in [-0.3, -0.25) is 13.7 Å². The van der Waals surface area contributed by atoms with Gasteiger partial charge in [0.2, 0.25) is 0 Å². The van der Waals surface area contributed by atoms with Crippen LogP contribution in [0.3, 0.4) is 0 Å². The van der Waals surface area contributed by atoms with Crippen LogP contribution in [0.4, 0.5) is 8.78 Å². The van der Waals surface area contributed by atoms with Crippen molar-refractivity contribution >= 4 is 22.8 Å². The molecule has 1 heterocycles. The maximum atomic E-state index is 13.3. The standard InChI is InChI=1S/C6H12F2N3O9P3/c7-6(8,22(14,15)16)23(17,18)20-21(12,13)3-5-4(10-11-9)1-2-19-5/h4-5H,1-3H2,(H,12,13)(H,17,18)(H2,14,15,16)/t4-,5-/m1/s1/i2T/t2-,4+,5+/m0. The second-order valence-electron chi connectivity index (χ2n) is 4.32. The van der Waals surface area contributed by atoms with Crippen LogP contribution in [0.1, 0.15) is 7.79 Å². The van der Waals surface area contributed by atoms with E-state index in [0.29, 0.717) is 0 Å². The Hall–Kier alpha value is -0.380. The van der Waals surface area contributed by atoms with Crippen molar-refractivity contribution in [3.05, 3.63) is 10.4 Å². The third-order valence-corrected chi connectivity index (χ3v) is 8.23. The molecule has 134 valence electrons. The first-order valence-electron chi connectivity index (χ1n) is 6.12. The number of halogens is 2. The summed E-state index contributed by atoms with van der Waals surface area (Å²) in [7, 11) is -18.4. The largest absolute Gasteiger partial charge is 0.444 e. The molecule has 1 aliphatic rings. The zero-order valence-electron chi connectivity index (χ0n) is 11.9. The molecule has 2 unspecified atom stereocenters. The summed E-state index contributed by atoms with van der Waals surface area (Å²) >= 11 is 0. The van der Waals surface area contributed by atoms with E-state index in [1.807, 2.05) is 0 Å². The van der Waals surface area contributed by atoms with E-state index >= 15 is 0 Å². The van der Waals surface area contributed by atoms with Gasteiger partial charge in [0.15, 0.2) is 0 Å². The molecular weight excluding hydrogens is 389 g/mol. The Labute approximate surface area is 128 Å². The average Bonchev–Trinajstić information content (AvgIpc) is 2.65. The maximum Gasteiger partial charge on any atom is 0.444 e. The van der Waals surface area contributed by atoms with Gasteiger partial charge >= 0.3 is 28.2 Å². The lowest BCUT2D eigenvalue weighted by atomic mass is 10.2. The summed E-state index contributed by atoms with van der Waals surface area (Å²) in [6, 6.07) is -1.14. The number of hydrogen-bond acceptors (Lipinski definition) is 6. The SMILES string of the molecule is [3H][C@H]1C[C@@H](N=[N+]=[N-])[C@@H](CP(=O)(O)OP(=O)(O)C(F)(F)P(=O)(O)O)O1. The van der Waals surface area contributed by atoms with E-state index in [4.69, 9.17) is 26.3 Å². The van der Waals surface area contributed by atoms with E-state index in [0.717, 1.165) is 0 Å². The molecule has 17 heteroatoms. The third-order valence-electron chi connectivity index (χ3n) is 2.58. The van der Waals surface area contributed by atoms with Crippen LogP contribution in [0.25, 0.3) is 10.4 Å².